The summed E-state index contributed by atoms with van der Waals surface area (Å²) >= 11 is 2.97. The molecule has 22 heavy (non-hydrogen) atoms. The van der Waals surface area contributed by atoms with Crippen molar-refractivity contribution in [3.63, 3.8) is 0 Å². The highest BCUT2D eigenvalue weighted by Gasteiger charge is 2.18. The van der Waals surface area contributed by atoms with Crippen LogP contribution in [0.4, 0.5) is 5.69 Å². The van der Waals surface area contributed by atoms with Crippen molar-refractivity contribution >= 4 is 40.6 Å². The predicted molar refractivity (Wildman–Crippen MR) is 92.9 cm³/mol. The van der Waals surface area contributed by atoms with Gasteiger partial charge < -0.3 is 10.2 Å². The number of para-hydroxylation sites is 1. The molecule has 1 aromatic heterocycles. The molecule has 0 unspecified atom stereocenters. The van der Waals surface area contributed by atoms with Gasteiger partial charge >= 0.3 is 0 Å². The van der Waals surface area contributed by atoms with Crippen LogP contribution in [0.1, 0.15) is 15.2 Å². The Morgan fingerprint density at radius 3 is 2.64 bits per heavy atom. The molecule has 0 aliphatic heterocycles. The number of carbonyl (C=O) groups excluding carboxylic acids is 2. The first-order valence-corrected chi connectivity index (χ1v) is 8.85. The molecule has 1 heterocycles. The summed E-state index contributed by atoms with van der Waals surface area (Å²) < 4.78 is 0. The summed E-state index contributed by atoms with van der Waals surface area (Å²) in [5, 5.41) is 4.74. The Morgan fingerprint density at radius 2 is 2.00 bits per heavy atom. The predicted octanol–water partition coefficient (Wildman–Crippen LogP) is 3.49. The van der Waals surface area contributed by atoms with Gasteiger partial charge in [-0.05, 0) is 42.3 Å². The van der Waals surface area contributed by atoms with Gasteiger partial charge in [-0.1, -0.05) is 12.1 Å². The maximum atomic E-state index is 12.3. The Bertz CT molecular complexity index is 682. The molecule has 0 spiro atoms. The summed E-state index contributed by atoms with van der Waals surface area (Å²) in [6, 6.07) is 9.51. The van der Waals surface area contributed by atoms with Crippen molar-refractivity contribution in [2.75, 3.05) is 25.2 Å². The third kappa shape index (κ3) is 3.90. The minimum absolute atomic E-state index is 0.0267. The first-order chi connectivity index (χ1) is 10.5. The molecule has 6 heteroatoms. The number of amides is 2. The molecule has 116 valence electrons. The molecule has 1 aromatic carbocycles. The van der Waals surface area contributed by atoms with Crippen LogP contribution < -0.4 is 5.32 Å². The highest BCUT2D eigenvalue weighted by Crippen LogP contribution is 2.24. The molecule has 0 aliphatic rings. The van der Waals surface area contributed by atoms with Gasteiger partial charge in [0.25, 0.3) is 5.91 Å². The topological polar surface area (TPSA) is 49.4 Å². The number of hydrogen-bond donors (Lipinski definition) is 1. The highest BCUT2D eigenvalue weighted by atomic mass is 32.2. The number of carbonyl (C=O) groups is 2. The number of benzene rings is 1. The smallest absolute Gasteiger partial charge is 0.264 e. The fourth-order valence-corrected chi connectivity index (χ4v) is 3.46. The standard InChI is InChI=1S/C16H18N2O2S2/c1-11-8-9-22-15(11)16(20)18(2)10-14(19)17-12-6-4-5-7-13(12)21-3/h4-9H,10H2,1-3H3,(H,17,19). The van der Waals surface area contributed by atoms with Crippen LogP contribution in [-0.4, -0.2) is 36.6 Å². The van der Waals surface area contributed by atoms with Gasteiger partial charge in [-0.15, -0.1) is 23.1 Å². The van der Waals surface area contributed by atoms with E-state index in [0.29, 0.717) is 4.88 Å². The van der Waals surface area contributed by atoms with Crippen LogP contribution in [0.15, 0.2) is 40.6 Å². The van der Waals surface area contributed by atoms with Crippen molar-refractivity contribution in [2.24, 2.45) is 0 Å². The normalized spacial score (nSPS) is 10.3. The fraction of sp³-hybridized carbons (Fsp3) is 0.250. The van der Waals surface area contributed by atoms with Crippen LogP contribution >= 0.6 is 23.1 Å². The molecule has 0 radical (unpaired) electrons. The van der Waals surface area contributed by atoms with Crippen LogP contribution in [0.5, 0.6) is 0 Å². The summed E-state index contributed by atoms with van der Waals surface area (Å²) in [7, 11) is 1.64. The summed E-state index contributed by atoms with van der Waals surface area (Å²) in [4.78, 5) is 27.5. The number of aryl methyl sites for hydroxylation is 1. The summed E-state index contributed by atoms with van der Waals surface area (Å²) in [6.45, 7) is 1.92. The molecule has 2 amide bonds. The molecule has 1 N–H and O–H groups in total. The van der Waals surface area contributed by atoms with Crippen LogP contribution in [0.3, 0.4) is 0 Å². The molecule has 4 nitrogen and oxygen atoms in total. The van der Waals surface area contributed by atoms with Crippen molar-refractivity contribution in [2.45, 2.75) is 11.8 Å². The quantitative estimate of drug-likeness (QED) is 0.852. The molecule has 2 aromatic rings. The van der Waals surface area contributed by atoms with E-state index in [0.717, 1.165) is 16.1 Å². The highest BCUT2D eigenvalue weighted by molar-refractivity contribution is 7.98. The Morgan fingerprint density at radius 1 is 1.27 bits per heavy atom. The van der Waals surface area contributed by atoms with Gasteiger partial charge in [-0.3, -0.25) is 9.59 Å². The van der Waals surface area contributed by atoms with E-state index in [2.05, 4.69) is 5.32 Å². The van der Waals surface area contributed by atoms with E-state index in [1.165, 1.54) is 16.2 Å². The molecule has 0 saturated heterocycles. The van der Waals surface area contributed by atoms with E-state index in [1.807, 2.05) is 48.9 Å². The number of nitrogens with one attached hydrogen (secondary N) is 1. The Kier molecular flexibility index (Phi) is 5.63. The number of likely N-dealkylation sites (N-methyl/N-ethyl adjacent to an activating group) is 1. The van der Waals surface area contributed by atoms with Gasteiger partial charge in [-0.2, -0.15) is 0 Å². The third-order valence-electron chi connectivity index (χ3n) is 3.16. The molecule has 0 atom stereocenters. The average Bonchev–Trinajstić information content (AvgIpc) is 2.93. The maximum Gasteiger partial charge on any atom is 0.264 e. The van der Waals surface area contributed by atoms with Crippen LogP contribution in [0.2, 0.25) is 0 Å². The van der Waals surface area contributed by atoms with Crippen molar-refractivity contribution in [3.05, 3.63) is 46.2 Å². The van der Waals surface area contributed by atoms with Gasteiger partial charge in [0.15, 0.2) is 0 Å². The van der Waals surface area contributed by atoms with Gasteiger partial charge in [0.1, 0.15) is 0 Å². The van der Waals surface area contributed by atoms with E-state index in [9.17, 15) is 9.59 Å². The zero-order valence-corrected chi connectivity index (χ0v) is 14.4. The zero-order valence-electron chi connectivity index (χ0n) is 12.8. The lowest BCUT2D eigenvalue weighted by Gasteiger charge is -2.17. The Balaban J connectivity index is 2.00. The monoisotopic (exact) mass is 334 g/mol. The number of thiophene rings is 1. The average molecular weight is 334 g/mol. The Labute approximate surface area is 138 Å². The minimum Gasteiger partial charge on any atom is -0.332 e. The van der Waals surface area contributed by atoms with E-state index >= 15 is 0 Å². The van der Waals surface area contributed by atoms with Crippen molar-refractivity contribution in [1.82, 2.24) is 4.90 Å². The zero-order chi connectivity index (χ0) is 16.1. The van der Waals surface area contributed by atoms with Gasteiger partial charge in [0.2, 0.25) is 5.91 Å². The fourth-order valence-electron chi connectivity index (χ4n) is 1.99. The van der Waals surface area contributed by atoms with Crippen molar-refractivity contribution in [1.29, 1.82) is 0 Å². The van der Waals surface area contributed by atoms with E-state index < -0.39 is 0 Å². The van der Waals surface area contributed by atoms with E-state index in [-0.39, 0.29) is 18.4 Å². The Hall–Kier alpha value is -1.79. The lowest BCUT2D eigenvalue weighted by Crippen LogP contribution is -2.34. The maximum absolute atomic E-state index is 12.3. The lowest BCUT2D eigenvalue weighted by molar-refractivity contribution is -0.116. The number of rotatable bonds is 5. The van der Waals surface area contributed by atoms with Crippen LogP contribution in [0.25, 0.3) is 0 Å². The molecule has 0 bridgehead atoms. The second kappa shape index (κ2) is 7.47. The molecule has 0 aliphatic carbocycles. The van der Waals surface area contributed by atoms with Gasteiger partial charge in [-0.25, -0.2) is 0 Å². The molecule has 0 saturated carbocycles. The summed E-state index contributed by atoms with van der Waals surface area (Å²) in [5.74, 6) is -0.327. The molecule has 0 fully saturated rings. The van der Waals surface area contributed by atoms with E-state index in [4.69, 9.17) is 0 Å². The lowest BCUT2D eigenvalue weighted by atomic mass is 10.2. The SMILES string of the molecule is CSc1ccccc1NC(=O)CN(C)C(=O)c1sccc1C. The summed E-state index contributed by atoms with van der Waals surface area (Å²) in [6.07, 6.45) is 1.96. The number of anilines is 1. The van der Waals surface area contributed by atoms with Gasteiger partial charge in [0.05, 0.1) is 17.1 Å². The minimum atomic E-state index is -0.202. The number of hydrogen-bond acceptors (Lipinski definition) is 4. The second-order valence-electron chi connectivity index (χ2n) is 4.84. The number of thioether (sulfide) groups is 1. The number of nitrogens with zero attached hydrogens (tertiary/aromatic N) is 1. The van der Waals surface area contributed by atoms with Crippen LogP contribution in [-0.2, 0) is 4.79 Å². The first-order valence-electron chi connectivity index (χ1n) is 6.75. The molecular weight excluding hydrogens is 316 g/mol. The van der Waals surface area contributed by atoms with Gasteiger partial charge in [0, 0.05) is 11.9 Å². The van der Waals surface area contributed by atoms with Crippen LogP contribution in [0, 0.1) is 6.92 Å². The largest absolute Gasteiger partial charge is 0.332 e. The van der Waals surface area contributed by atoms with E-state index in [1.54, 1.807) is 18.8 Å². The third-order valence-corrected chi connectivity index (χ3v) is 4.97. The summed E-state index contributed by atoms with van der Waals surface area (Å²) in [5.41, 5.74) is 1.71. The van der Waals surface area contributed by atoms with Crippen molar-refractivity contribution in [3.8, 4) is 0 Å². The second-order valence-corrected chi connectivity index (χ2v) is 6.61. The first kappa shape index (κ1) is 16.6. The molecule has 2 rings (SSSR count). The van der Waals surface area contributed by atoms with Crippen molar-refractivity contribution < 1.29 is 9.59 Å². The molecular formula is C16H18N2O2S2.